The second-order valence-corrected chi connectivity index (χ2v) is 8.29. The van der Waals surface area contributed by atoms with Crippen LogP contribution in [0.4, 0.5) is 0 Å². The Kier molecular flexibility index (Phi) is 5.26. The van der Waals surface area contributed by atoms with Crippen molar-refractivity contribution in [2.24, 2.45) is 23.5 Å². The maximum Gasteiger partial charge on any atom is 0.223 e. The van der Waals surface area contributed by atoms with Crippen molar-refractivity contribution in [3.63, 3.8) is 0 Å². The highest BCUT2D eigenvalue weighted by Crippen LogP contribution is 2.42. The Balaban J connectivity index is 1.39. The van der Waals surface area contributed by atoms with Crippen LogP contribution in [0.5, 0.6) is 0 Å². The number of amides is 1. The highest BCUT2D eigenvalue weighted by Gasteiger charge is 2.40. The third-order valence-electron chi connectivity index (χ3n) is 6.55. The number of nitrogens with two attached hydrogens (primary N) is 1. The van der Waals surface area contributed by atoms with E-state index in [2.05, 4.69) is 47.6 Å². The smallest absolute Gasteiger partial charge is 0.223 e. The largest absolute Gasteiger partial charge is 0.349 e. The minimum absolute atomic E-state index is 0.0101. The summed E-state index contributed by atoms with van der Waals surface area (Å²) in [5.74, 6) is 1.38. The topological polar surface area (TPSA) is 68.0 Å². The normalized spacial score (nSPS) is 28.4. The van der Waals surface area contributed by atoms with Crippen molar-refractivity contribution >= 4 is 5.91 Å². The molecule has 1 aromatic heterocycles. The number of aromatic nitrogens is 1. The Labute approximate surface area is 161 Å². The molecule has 3 unspecified atom stereocenters. The number of benzene rings is 1. The summed E-state index contributed by atoms with van der Waals surface area (Å²) in [5.41, 5.74) is 9.73. The van der Waals surface area contributed by atoms with E-state index >= 15 is 0 Å². The number of fused-ring (bicyclic) bond motifs is 2. The van der Waals surface area contributed by atoms with Gasteiger partial charge in [0.25, 0.3) is 0 Å². The maximum atomic E-state index is 12.8. The summed E-state index contributed by atoms with van der Waals surface area (Å²) in [5, 5.41) is 3.24. The van der Waals surface area contributed by atoms with Gasteiger partial charge in [-0.1, -0.05) is 36.8 Å². The lowest BCUT2D eigenvalue weighted by Gasteiger charge is -2.43. The standard InChI is InChI=1S/C23H29N3O/c1-15(16-7-9-17(10-8-16)20-6-3-11-25-14-20)26-23(27)21-12-18-4-2-5-19(13-21)22(18)24/h3,6-11,14-15,18-19,21-22H,2,4-5,12-13,24H2,1H3,(H,26,27). The molecule has 1 heterocycles. The predicted octanol–water partition coefficient (Wildman–Crippen LogP) is 4.08. The SMILES string of the molecule is CC(NC(=O)C1CC2CCCC(C1)C2N)c1ccc(-c2cccnc2)cc1. The van der Waals surface area contributed by atoms with E-state index < -0.39 is 0 Å². The summed E-state index contributed by atoms with van der Waals surface area (Å²) in [6.45, 7) is 2.06. The summed E-state index contributed by atoms with van der Waals surface area (Å²) >= 11 is 0. The molecule has 3 atom stereocenters. The van der Waals surface area contributed by atoms with Gasteiger partial charge in [-0.05, 0) is 67.2 Å². The van der Waals surface area contributed by atoms with Gasteiger partial charge in [0.15, 0.2) is 0 Å². The molecular weight excluding hydrogens is 334 g/mol. The number of nitrogens with one attached hydrogen (secondary N) is 1. The van der Waals surface area contributed by atoms with Crippen LogP contribution >= 0.6 is 0 Å². The van der Waals surface area contributed by atoms with Crippen LogP contribution in [-0.4, -0.2) is 16.9 Å². The lowest BCUT2D eigenvalue weighted by Crippen LogP contribution is -2.49. The van der Waals surface area contributed by atoms with Gasteiger partial charge in [0, 0.05) is 24.4 Å². The molecule has 1 aromatic carbocycles. The summed E-state index contributed by atoms with van der Waals surface area (Å²) < 4.78 is 0. The lowest BCUT2D eigenvalue weighted by atomic mass is 9.65. The van der Waals surface area contributed by atoms with Gasteiger partial charge >= 0.3 is 0 Å². The van der Waals surface area contributed by atoms with Crippen molar-refractivity contribution in [3.05, 3.63) is 54.4 Å². The average molecular weight is 364 g/mol. The van der Waals surface area contributed by atoms with Crippen LogP contribution in [0.3, 0.4) is 0 Å². The zero-order valence-corrected chi connectivity index (χ0v) is 16.0. The van der Waals surface area contributed by atoms with E-state index in [1.807, 2.05) is 12.3 Å². The molecular formula is C23H29N3O. The van der Waals surface area contributed by atoms with Crippen molar-refractivity contribution < 1.29 is 4.79 Å². The van der Waals surface area contributed by atoms with Gasteiger partial charge in [0.2, 0.25) is 5.91 Å². The highest BCUT2D eigenvalue weighted by molar-refractivity contribution is 5.79. The molecule has 2 aliphatic carbocycles. The molecule has 4 rings (SSSR count). The summed E-state index contributed by atoms with van der Waals surface area (Å²) in [4.78, 5) is 17.0. The molecule has 0 spiro atoms. The Hall–Kier alpha value is -2.20. The quantitative estimate of drug-likeness (QED) is 0.860. The molecule has 3 N–H and O–H groups in total. The molecule has 4 nitrogen and oxygen atoms in total. The molecule has 2 fully saturated rings. The van der Waals surface area contributed by atoms with Crippen LogP contribution < -0.4 is 11.1 Å². The van der Waals surface area contributed by atoms with Gasteiger partial charge < -0.3 is 11.1 Å². The number of carbonyl (C=O) groups is 1. The fourth-order valence-corrected chi connectivity index (χ4v) is 4.92. The molecule has 0 aliphatic heterocycles. The van der Waals surface area contributed by atoms with Crippen LogP contribution in [0, 0.1) is 17.8 Å². The molecule has 2 aliphatic rings. The molecule has 142 valence electrons. The third kappa shape index (κ3) is 3.91. The second-order valence-electron chi connectivity index (χ2n) is 8.29. The first-order valence-corrected chi connectivity index (χ1v) is 10.2. The van der Waals surface area contributed by atoms with Gasteiger partial charge in [-0.25, -0.2) is 0 Å². The second kappa shape index (κ2) is 7.81. The summed E-state index contributed by atoms with van der Waals surface area (Å²) in [6.07, 6.45) is 9.20. The van der Waals surface area contributed by atoms with E-state index in [1.165, 1.54) is 19.3 Å². The van der Waals surface area contributed by atoms with E-state index in [9.17, 15) is 4.79 Å². The zero-order chi connectivity index (χ0) is 18.8. The fourth-order valence-electron chi connectivity index (χ4n) is 4.92. The molecule has 2 bridgehead atoms. The first-order valence-electron chi connectivity index (χ1n) is 10.2. The number of carbonyl (C=O) groups excluding carboxylic acids is 1. The van der Waals surface area contributed by atoms with E-state index in [0.29, 0.717) is 17.9 Å². The molecule has 1 amide bonds. The lowest BCUT2D eigenvalue weighted by molar-refractivity contribution is -0.128. The number of hydrogen-bond acceptors (Lipinski definition) is 3. The van der Waals surface area contributed by atoms with E-state index in [-0.39, 0.29) is 17.9 Å². The van der Waals surface area contributed by atoms with Crippen LogP contribution in [0.25, 0.3) is 11.1 Å². The Bertz CT molecular complexity index is 760. The van der Waals surface area contributed by atoms with E-state index in [1.54, 1.807) is 6.20 Å². The molecule has 0 radical (unpaired) electrons. The third-order valence-corrected chi connectivity index (χ3v) is 6.55. The first kappa shape index (κ1) is 18.2. The Morgan fingerprint density at radius 2 is 1.81 bits per heavy atom. The van der Waals surface area contributed by atoms with Crippen molar-refractivity contribution in [1.82, 2.24) is 10.3 Å². The number of hydrogen-bond donors (Lipinski definition) is 2. The van der Waals surface area contributed by atoms with Crippen molar-refractivity contribution in [3.8, 4) is 11.1 Å². The monoisotopic (exact) mass is 363 g/mol. The average Bonchev–Trinajstić information content (AvgIpc) is 2.68. The van der Waals surface area contributed by atoms with Crippen molar-refractivity contribution in [2.75, 3.05) is 0 Å². The zero-order valence-electron chi connectivity index (χ0n) is 16.0. The van der Waals surface area contributed by atoms with Crippen LogP contribution in [0.1, 0.15) is 50.6 Å². The molecule has 2 aromatic rings. The molecule has 4 heteroatoms. The van der Waals surface area contributed by atoms with Gasteiger partial charge in [0.05, 0.1) is 6.04 Å². The van der Waals surface area contributed by atoms with Gasteiger partial charge in [-0.2, -0.15) is 0 Å². The highest BCUT2D eigenvalue weighted by atomic mass is 16.1. The number of rotatable bonds is 4. The molecule has 27 heavy (non-hydrogen) atoms. The fraction of sp³-hybridized carbons (Fsp3) is 0.478. The van der Waals surface area contributed by atoms with Crippen molar-refractivity contribution in [1.29, 1.82) is 0 Å². The minimum Gasteiger partial charge on any atom is -0.349 e. The van der Waals surface area contributed by atoms with Crippen LogP contribution in [0.2, 0.25) is 0 Å². The van der Waals surface area contributed by atoms with Gasteiger partial charge in [-0.3, -0.25) is 9.78 Å². The summed E-state index contributed by atoms with van der Waals surface area (Å²) in [7, 11) is 0. The van der Waals surface area contributed by atoms with Gasteiger partial charge in [-0.15, -0.1) is 0 Å². The molecule has 0 saturated heterocycles. The van der Waals surface area contributed by atoms with Crippen molar-refractivity contribution in [2.45, 2.75) is 51.1 Å². The molecule has 2 saturated carbocycles. The first-order chi connectivity index (χ1) is 13.1. The van der Waals surface area contributed by atoms with E-state index in [4.69, 9.17) is 5.73 Å². The number of pyridine rings is 1. The maximum absolute atomic E-state index is 12.8. The minimum atomic E-state index is 0.0101. The number of nitrogens with zero attached hydrogens (tertiary/aromatic N) is 1. The van der Waals surface area contributed by atoms with Gasteiger partial charge in [0.1, 0.15) is 0 Å². The Morgan fingerprint density at radius 1 is 1.11 bits per heavy atom. The van der Waals surface area contributed by atoms with Crippen LogP contribution in [0.15, 0.2) is 48.8 Å². The van der Waals surface area contributed by atoms with E-state index in [0.717, 1.165) is 29.5 Å². The Morgan fingerprint density at radius 3 is 2.44 bits per heavy atom. The van der Waals surface area contributed by atoms with Crippen LogP contribution in [-0.2, 0) is 4.79 Å². The summed E-state index contributed by atoms with van der Waals surface area (Å²) in [6, 6.07) is 12.7. The predicted molar refractivity (Wildman–Crippen MR) is 108 cm³/mol.